The van der Waals surface area contributed by atoms with Gasteiger partial charge < -0.3 is 16.2 Å². The lowest BCUT2D eigenvalue weighted by molar-refractivity contribution is 0.0871. The number of phenolic OH excluding ortho intramolecular Hbond substituents is 1. The van der Waals surface area contributed by atoms with E-state index >= 15 is 4.39 Å². The van der Waals surface area contributed by atoms with Gasteiger partial charge in [0.1, 0.15) is 11.6 Å². The Hall–Kier alpha value is -3.85. The van der Waals surface area contributed by atoms with Crippen molar-refractivity contribution in [2.75, 3.05) is 37.4 Å². The van der Waals surface area contributed by atoms with E-state index in [0.717, 1.165) is 16.8 Å². The highest BCUT2D eigenvalue weighted by Gasteiger charge is 2.42. The summed E-state index contributed by atoms with van der Waals surface area (Å²) in [6.07, 6.45) is 1.98. The van der Waals surface area contributed by atoms with E-state index in [-0.39, 0.29) is 29.0 Å². The normalized spacial score (nSPS) is 19.6. The van der Waals surface area contributed by atoms with Gasteiger partial charge in [-0.05, 0) is 78.7 Å². The van der Waals surface area contributed by atoms with E-state index in [9.17, 15) is 31.5 Å². The van der Waals surface area contributed by atoms with E-state index in [4.69, 9.17) is 5.73 Å². The van der Waals surface area contributed by atoms with Crippen LogP contribution in [0.5, 0.6) is 5.75 Å². The highest BCUT2D eigenvalue weighted by atomic mass is 32.2. The number of hydrogen-bond acceptors (Lipinski definition) is 8. The average Bonchev–Trinajstić information content (AvgIpc) is 2.95. The van der Waals surface area contributed by atoms with Crippen molar-refractivity contribution in [2.24, 2.45) is 11.7 Å². The van der Waals surface area contributed by atoms with Gasteiger partial charge >= 0.3 is 0 Å². The Balaban J connectivity index is 1.89. The van der Waals surface area contributed by atoms with Crippen LogP contribution in [0.3, 0.4) is 0 Å². The van der Waals surface area contributed by atoms with Crippen LogP contribution < -0.4 is 15.8 Å². The van der Waals surface area contributed by atoms with Crippen molar-refractivity contribution in [2.45, 2.75) is 31.2 Å². The number of likely N-dealkylation sites (N-methyl/N-ethyl adjacent to an activating group) is 1. The summed E-state index contributed by atoms with van der Waals surface area (Å²) in [7, 11) is -6.36. The molecule has 0 saturated carbocycles. The van der Waals surface area contributed by atoms with Gasteiger partial charge in [-0.15, -0.1) is 0 Å². The van der Waals surface area contributed by atoms with Crippen LogP contribution in [0.2, 0.25) is 0 Å². The molecule has 3 aromatic rings. The third-order valence-corrected chi connectivity index (χ3v) is 10.2. The molecule has 14 heteroatoms. The van der Waals surface area contributed by atoms with Crippen molar-refractivity contribution < 1.29 is 35.9 Å². The van der Waals surface area contributed by atoms with Crippen molar-refractivity contribution in [3.63, 3.8) is 0 Å². The standard InChI is InChI=1S/C31H37FN4O7S2/c1-18-23(9-6-10-26(18)32)29-21(15-28(36(2)45(4,42)43)30(38)19-7-5-8-22(37)13-19)16-34-17-25(29)24-12-11-20(31(33)39)14-27(24)35-44(3,40)41/h5-14,21,25,28-29,34-35,37H,15-17H2,1-4H3,(H2,33,39)/t21-,25+,28?,29+/m0/s1. The summed E-state index contributed by atoms with van der Waals surface area (Å²) in [6.45, 7) is 2.27. The number of phenols is 1. The van der Waals surface area contributed by atoms with Crippen molar-refractivity contribution in [1.82, 2.24) is 9.62 Å². The maximum Gasteiger partial charge on any atom is 0.248 e. The Morgan fingerprint density at radius 3 is 2.33 bits per heavy atom. The predicted octanol–water partition coefficient (Wildman–Crippen LogP) is 2.93. The number of rotatable bonds is 11. The lowest BCUT2D eigenvalue weighted by Crippen LogP contribution is -2.48. The quantitative estimate of drug-likeness (QED) is 0.227. The molecule has 4 rings (SSSR count). The SMILES string of the molecule is Cc1c(F)cccc1[C@H]1[C@@H](CC(C(=O)c2cccc(O)c2)N(C)S(C)(=O)=O)CNC[C@@H]1c1ccc(C(N)=O)cc1NS(C)(=O)=O. The molecule has 1 amide bonds. The number of ketones is 1. The van der Waals surface area contributed by atoms with Gasteiger partial charge in [0.05, 0.1) is 24.2 Å². The molecule has 0 aliphatic carbocycles. The van der Waals surface area contributed by atoms with Crippen molar-refractivity contribution >= 4 is 37.4 Å². The number of aromatic hydroxyl groups is 1. The first-order chi connectivity index (χ1) is 21.0. The van der Waals surface area contributed by atoms with Crippen LogP contribution in [0, 0.1) is 18.7 Å². The van der Waals surface area contributed by atoms with Gasteiger partial charge in [-0.1, -0.05) is 30.3 Å². The molecule has 0 radical (unpaired) electrons. The molecule has 0 bridgehead atoms. The Morgan fingerprint density at radius 1 is 1.02 bits per heavy atom. The van der Waals surface area contributed by atoms with Crippen molar-refractivity contribution in [3.05, 3.63) is 94.3 Å². The molecule has 5 N–H and O–H groups in total. The van der Waals surface area contributed by atoms with Crippen LogP contribution >= 0.6 is 0 Å². The lowest BCUT2D eigenvalue weighted by atomic mass is 9.68. The number of halogens is 1. The maximum atomic E-state index is 15.0. The zero-order valence-electron chi connectivity index (χ0n) is 25.3. The molecule has 0 aromatic heterocycles. The first kappa shape index (κ1) is 34.0. The number of nitrogens with two attached hydrogens (primary N) is 1. The molecular weight excluding hydrogens is 623 g/mol. The average molecular weight is 661 g/mol. The molecule has 1 unspecified atom stereocenters. The highest BCUT2D eigenvalue weighted by molar-refractivity contribution is 7.92. The number of carbonyl (C=O) groups is 2. The number of amides is 1. The van der Waals surface area contributed by atoms with Crippen LogP contribution in [0.25, 0.3) is 0 Å². The summed E-state index contributed by atoms with van der Waals surface area (Å²) >= 11 is 0. The number of nitrogens with zero attached hydrogens (tertiary/aromatic N) is 1. The summed E-state index contributed by atoms with van der Waals surface area (Å²) in [6, 6.07) is 13.6. The smallest absolute Gasteiger partial charge is 0.248 e. The zero-order valence-corrected chi connectivity index (χ0v) is 27.0. The van der Waals surface area contributed by atoms with Gasteiger partial charge in [0.15, 0.2) is 5.78 Å². The van der Waals surface area contributed by atoms with Gasteiger partial charge in [-0.25, -0.2) is 21.2 Å². The lowest BCUT2D eigenvalue weighted by Gasteiger charge is -2.42. The van der Waals surface area contributed by atoms with Gasteiger partial charge in [0.25, 0.3) is 0 Å². The molecule has 1 aliphatic rings. The van der Waals surface area contributed by atoms with E-state index in [1.165, 1.54) is 49.5 Å². The Bertz CT molecular complexity index is 1830. The van der Waals surface area contributed by atoms with Crippen LogP contribution in [0.4, 0.5) is 10.1 Å². The minimum Gasteiger partial charge on any atom is -0.508 e. The number of sulfonamides is 2. The van der Waals surface area contributed by atoms with Gasteiger partial charge in [-0.2, -0.15) is 4.31 Å². The number of primary amides is 1. The van der Waals surface area contributed by atoms with Gasteiger partial charge in [0, 0.05) is 30.6 Å². The Kier molecular flexibility index (Phi) is 10.0. The first-order valence-corrected chi connectivity index (χ1v) is 17.9. The monoisotopic (exact) mass is 660 g/mol. The number of benzene rings is 3. The molecule has 1 aliphatic heterocycles. The van der Waals surface area contributed by atoms with E-state index < -0.39 is 61.3 Å². The second kappa shape index (κ2) is 13.3. The molecule has 11 nitrogen and oxygen atoms in total. The van der Waals surface area contributed by atoms with Crippen LogP contribution in [0.1, 0.15) is 55.7 Å². The van der Waals surface area contributed by atoms with Gasteiger partial charge in [-0.3, -0.25) is 14.3 Å². The largest absolute Gasteiger partial charge is 0.508 e. The summed E-state index contributed by atoms with van der Waals surface area (Å²) in [4.78, 5) is 25.9. The number of nitrogens with one attached hydrogen (secondary N) is 2. The Labute approximate surface area is 262 Å². The topological polar surface area (TPSA) is 176 Å². The first-order valence-electron chi connectivity index (χ1n) is 14.1. The number of Topliss-reactive ketones (excluding diaryl/α,β-unsaturated/α-hetero) is 1. The fourth-order valence-electron chi connectivity index (χ4n) is 6.11. The van der Waals surface area contributed by atoms with Crippen LogP contribution in [-0.4, -0.2) is 76.6 Å². The zero-order chi connectivity index (χ0) is 33.3. The number of carbonyl (C=O) groups excluding carboxylic acids is 2. The Morgan fingerprint density at radius 2 is 1.71 bits per heavy atom. The van der Waals surface area contributed by atoms with Gasteiger partial charge in [0.2, 0.25) is 26.0 Å². The highest BCUT2D eigenvalue weighted by Crippen LogP contribution is 2.46. The van der Waals surface area contributed by atoms with Crippen LogP contribution in [-0.2, 0) is 20.0 Å². The molecule has 1 heterocycles. The number of anilines is 1. The summed E-state index contributed by atoms with van der Waals surface area (Å²) < 4.78 is 68.8. The van der Waals surface area contributed by atoms with Crippen molar-refractivity contribution in [3.8, 4) is 5.75 Å². The molecule has 242 valence electrons. The second-order valence-corrected chi connectivity index (χ2v) is 15.3. The minimum atomic E-state index is -3.87. The van der Waals surface area contributed by atoms with E-state index in [2.05, 4.69) is 10.0 Å². The van der Waals surface area contributed by atoms with Crippen LogP contribution in [0.15, 0.2) is 60.7 Å². The van der Waals surface area contributed by atoms with E-state index in [1.54, 1.807) is 25.1 Å². The number of piperidine rings is 1. The second-order valence-electron chi connectivity index (χ2n) is 11.5. The molecule has 0 spiro atoms. The summed E-state index contributed by atoms with van der Waals surface area (Å²) in [5.41, 5.74) is 7.29. The molecule has 1 saturated heterocycles. The fourth-order valence-corrected chi connectivity index (χ4v) is 7.33. The molecular formula is C31H37FN4O7S2. The molecule has 4 atom stereocenters. The fraction of sp³-hybridized carbons (Fsp3) is 0.355. The molecule has 1 fully saturated rings. The maximum absolute atomic E-state index is 15.0. The minimum absolute atomic E-state index is 0.0103. The molecule has 3 aromatic carbocycles. The van der Waals surface area contributed by atoms with Crippen molar-refractivity contribution in [1.29, 1.82) is 0 Å². The summed E-state index contributed by atoms with van der Waals surface area (Å²) in [5.74, 6) is -3.42. The summed E-state index contributed by atoms with van der Waals surface area (Å²) in [5, 5.41) is 13.4. The molecule has 45 heavy (non-hydrogen) atoms. The third kappa shape index (κ3) is 7.87. The predicted molar refractivity (Wildman–Crippen MR) is 170 cm³/mol. The third-order valence-electron chi connectivity index (χ3n) is 8.33. The number of hydrogen-bond donors (Lipinski definition) is 4. The van der Waals surface area contributed by atoms with E-state index in [1.807, 2.05) is 0 Å². The van der Waals surface area contributed by atoms with E-state index in [0.29, 0.717) is 29.8 Å².